The van der Waals surface area contributed by atoms with Crippen molar-refractivity contribution in [3.05, 3.63) is 36.5 Å². The molecule has 3 aromatic rings. The summed E-state index contributed by atoms with van der Waals surface area (Å²) in [7, 11) is 1.65. The van der Waals surface area contributed by atoms with E-state index in [0.29, 0.717) is 5.82 Å². The van der Waals surface area contributed by atoms with E-state index in [1.165, 1.54) is 11.8 Å². The second kappa shape index (κ2) is 4.81. The van der Waals surface area contributed by atoms with Crippen molar-refractivity contribution in [2.24, 2.45) is 0 Å². The van der Waals surface area contributed by atoms with Crippen LogP contribution in [0.15, 0.2) is 46.6 Å². The van der Waals surface area contributed by atoms with Crippen LogP contribution in [0.5, 0.6) is 5.75 Å². The number of aromatic nitrogens is 3. The molecule has 2 heterocycles. The number of hydrogen-bond donors (Lipinski definition) is 2. The fourth-order valence-corrected chi connectivity index (χ4v) is 2.58. The molecule has 0 spiro atoms. The lowest BCUT2D eigenvalue weighted by Crippen LogP contribution is -1.88. The lowest BCUT2D eigenvalue weighted by atomic mass is 10.3. The molecular weight excluding hydrogens is 260 g/mol. The summed E-state index contributed by atoms with van der Waals surface area (Å²) in [5, 5.41) is 0.814. The fourth-order valence-electron chi connectivity index (χ4n) is 1.74. The Morgan fingerprint density at radius 3 is 2.95 bits per heavy atom. The zero-order valence-electron chi connectivity index (χ0n) is 10.3. The molecule has 6 heteroatoms. The average Bonchev–Trinajstić information content (AvgIpc) is 2.79. The first kappa shape index (κ1) is 11.9. The van der Waals surface area contributed by atoms with Crippen LogP contribution in [0.25, 0.3) is 11.0 Å². The topological polar surface area (TPSA) is 76.8 Å². The van der Waals surface area contributed by atoms with Crippen LogP contribution >= 0.6 is 11.8 Å². The minimum atomic E-state index is 0.503. The van der Waals surface area contributed by atoms with Crippen LogP contribution in [0.4, 0.5) is 5.82 Å². The van der Waals surface area contributed by atoms with Gasteiger partial charge >= 0.3 is 0 Å². The third-order valence-electron chi connectivity index (χ3n) is 2.63. The Labute approximate surface area is 114 Å². The van der Waals surface area contributed by atoms with Crippen molar-refractivity contribution in [1.82, 2.24) is 15.0 Å². The number of nitrogens with zero attached hydrogens (tertiary/aromatic N) is 2. The number of nitrogens with one attached hydrogen (secondary N) is 1. The van der Waals surface area contributed by atoms with Crippen molar-refractivity contribution in [3.63, 3.8) is 0 Å². The molecule has 5 nitrogen and oxygen atoms in total. The van der Waals surface area contributed by atoms with Crippen LogP contribution in [0.2, 0.25) is 0 Å². The highest BCUT2D eigenvalue weighted by atomic mass is 32.2. The first-order valence-corrected chi connectivity index (χ1v) is 6.49. The Kier molecular flexibility index (Phi) is 3.00. The molecule has 96 valence electrons. The molecule has 0 fully saturated rings. The number of hydrogen-bond acceptors (Lipinski definition) is 5. The molecule has 0 unspecified atom stereocenters. The summed E-state index contributed by atoms with van der Waals surface area (Å²) < 4.78 is 5.19. The zero-order valence-corrected chi connectivity index (χ0v) is 11.1. The molecule has 0 aliphatic heterocycles. The third-order valence-corrected chi connectivity index (χ3v) is 3.51. The first-order chi connectivity index (χ1) is 9.24. The highest BCUT2D eigenvalue weighted by Gasteiger charge is 2.06. The van der Waals surface area contributed by atoms with Crippen molar-refractivity contribution in [3.8, 4) is 5.75 Å². The van der Waals surface area contributed by atoms with Gasteiger partial charge in [0, 0.05) is 17.2 Å². The number of anilines is 1. The smallest absolute Gasteiger partial charge is 0.171 e. The quantitative estimate of drug-likeness (QED) is 0.766. The molecule has 0 atom stereocenters. The molecule has 0 radical (unpaired) electrons. The predicted molar refractivity (Wildman–Crippen MR) is 75.4 cm³/mol. The van der Waals surface area contributed by atoms with Gasteiger partial charge in [0.15, 0.2) is 5.16 Å². The predicted octanol–water partition coefficient (Wildman–Crippen LogP) is 2.70. The lowest BCUT2D eigenvalue weighted by molar-refractivity contribution is 0.415. The molecule has 3 N–H and O–H groups in total. The van der Waals surface area contributed by atoms with E-state index in [9.17, 15) is 0 Å². The van der Waals surface area contributed by atoms with E-state index >= 15 is 0 Å². The fraction of sp³-hybridized carbons (Fsp3) is 0.0769. The molecule has 0 saturated carbocycles. The highest BCUT2D eigenvalue weighted by molar-refractivity contribution is 7.99. The zero-order chi connectivity index (χ0) is 13.2. The molecule has 1 aromatic carbocycles. The van der Waals surface area contributed by atoms with E-state index < -0.39 is 0 Å². The van der Waals surface area contributed by atoms with Gasteiger partial charge < -0.3 is 15.5 Å². The maximum absolute atomic E-state index is 5.65. The SMILES string of the molecule is COc1ccc2nc(Sc3ccnc(N)c3)[nH]c2c1. The van der Waals surface area contributed by atoms with Crippen molar-refractivity contribution < 1.29 is 4.74 Å². The summed E-state index contributed by atoms with van der Waals surface area (Å²) in [5.74, 6) is 1.31. The number of ether oxygens (including phenoxy) is 1. The summed E-state index contributed by atoms with van der Waals surface area (Å²) >= 11 is 1.51. The summed E-state index contributed by atoms with van der Waals surface area (Å²) in [5.41, 5.74) is 7.51. The normalized spacial score (nSPS) is 10.8. The van der Waals surface area contributed by atoms with Gasteiger partial charge in [-0.3, -0.25) is 0 Å². The molecule has 0 aliphatic carbocycles. The number of pyridine rings is 1. The van der Waals surface area contributed by atoms with E-state index in [-0.39, 0.29) is 0 Å². The van der Waals surface area contributed by atoms with Crippen molar-refractivity contribution in [2.45, 2.75) is 10.1 Å². The number of H-pyrrole nitrogens is 1. The molecule has 0 aliphatic rings. The summed E-state index contributed by atoms with van der Waals surface area (Å²) in [6, 6.07) is 9.46. The largest absolute Gasteiger partial charge is 0.497 e. The van der Waals surface area contributed by atoms with Gasteiger partial charge in [-0.05, 0) is 24.3 Å². The Morgan fingerprint density at radius 2 is 2.16 bits per heavy atom. The van der Waals surface area contributed by atoms with Crippen LogP contribution in [-0.2, 0) is 0 Å². The van der Waals surface area contributed by atoms with Crippen LogP contribution in [-0.4, -0.2) is 22.1 Å². The highest BCUT2D eigenvalue weighted by Crippen LogP contribution is 2.28. The van der Waals surface area contributed by atoms with Gasteiger partial charge in [-0.1, -0.05) is 11.8 Å². The van der Waals surface area contributed by atoms with E-state index in [1.54, 1.807) is 13.3 Å². The van der Waals surface area contributed by atoms with E-state index in [1.807, 2.05) is 30.3 Å². The third kappa shape index (κ3) is 2.48. The number of rotatable bonds is 3. The van der Waals surface area contributed by atoms with Crippen molar-refractivity contribution >= 4 is 28.6 Å². The maximum atomic E-state index is 5.65. The van der Waals surface area contributed by atoms with Gasteiger partial charge in [0.1, 0.15) is 11.6 Å². The molecular formula is C13H12N4OS. The second-order valence-corrected chi connectivity index (χ2v) is 5.01. The maximum Gasteiger partial charge on any atom is 0.171 e. The minimum absolute atomic E-state index is 0.503. The number of nitrogen functional groups attached to an aromatic ring is 1. The van der Waals surface area contributed by atoms with Gasteiger partial charge in [0.25, 0.3) is 0 Å². The van der Waals surface area contributed by atoms with Gasteiger partial charge in [-0.15, -0.1) is 0 Å². The molecule has 2 aromatic heterocycles. The number of benzene rings is 1. The van der Waals surface area contributed by atoms with Crippen LogP contribution in [0.1, 0.15) is 0 Å². The number of aromatic amines is 1. The van der Waals surface area contributed by atoms with Crippen molar-refractivity contribution in [1.29, 1.82) is 0 Å². The monoisotopic (exact) mass is 272 g/mol. The van der Waals surface area contributed by atoms with Crippen LogP contribution in [0, 0.1) is 0 Å². The van der Waals surface area contributed by atoms with Gasteiger partial charge in [0.2, 0.25) is 0 Å². The average molecular weight is 272 g/mol. The number of imidazole rings is 1. The van der Waals surface area contributed by atoms with Gasteiger partial charge in [-0.2, -0.15) is 0 Å². The number of fused-ring (bicyclic) bond motifs is 1. The first-order valence-electron chi connectivity index (χ1n) is 5.68. The molecule has 3 rings (SSSR count). The Balaban J connectivity index is 1.93. The Morgan fingerprint density at radius 1 is 1.26 bits per heavy atom. The summed E-state index contributed by atoms with van der Waals surface area (Å²) in [6.07, 6.45) is 1.68. The molecule has 19 heavy (non-hydrogen) atoms. The Bertz CT molecular complexity index is 725. The van der Waals surface area contributed by atoms with Crippen LogP contribution in [0.3, 0.4) is 0 Å². The number of nitrogens with two attached hydrogens (primary N) is 1. The van der Waals surface area contributed by atoms with E-state index in [2.05, 4.69) is 15.0 Å². The molecule has 0 amide bonds. The van der Waals surface area contributed by atoms with E-state index in [0.717, 1.165) is 26.8 Å². The number of methoxy groups -OCH3 is 1. The summed E-state index contributed by atoms with van der Waals surface area (Å²) in [6.45, 7) is 0. The standard InChI is InChI=1S/C13H12N4OS/c1-18-8-2-3-10-11(6-8)17-13(16-10)19-9-4-5-15-12(14)7-9/h2-7H,1H3,(H2,14,15)(H,16,17). The van der Waals surface area contributed by atoms with E-state index in [4.69, 9.17) is 10.5 Å². The Hall–Kier alpha value is -2.21. The second-order valence-electron chi connectivity index (χ2n) is 3.94. The van der Waals surface area contributed by atoms with Crippen molar-refractivity contribution in [2.75, 3.05) is 12.8 Å². The minimum Gasteiger partial charge on any atom is -0.497 e. The van der Waals surface area contributed by atoms with Gasteiger partial charge in [0.05, 0.1) is 18.1 Å². The molecule has 0 saturated heterocycles. The lowest BCUT2D eigenvalue weighted by Gasteiger charge is -1.98. The molecule has 0 bridgehead atoms. The van der Waals surface area contributed by atoms with Gasteiger partial charge in [-0.25, -0.2) is 9.97 Å². The van der Waals surface area contributed by atoms with Crippen LogP contribution < -0.4 is 10.5 Å². The summed E-state index contributed by atoms with van der Waals surface area (Å²) in [4.78, 5) is 12.7.